The van der Waals surface area contributed by atoms with Crippen LogP contribution < -0.4 is 15.4 Å². The number of carbonyl (C=O) groups is 2. The summed E-state index contributed by atoms with van der Waals surface area (Å²) >= 11 is 0. The number of dihydropyridines is 1. The number of aromatic nitrogens is 1. The van der Waals surface area contributed by atoms with Gasteiger partial charge in [-0.25, -0.2) is 4.98 Å². The lowest BCUT2D eigenvalue weighted by molar-refractivity contribution is -0.116. The molecule has 178 valence electrons. The zero-order valence-electron chi connectivity index (χ0n) is 19.9. The van der Waals surface area contributed by atoms with Crippen molar-refractivity contribution < 1.29 is 18.7 Å². The summed E-state index contributed by atoms with van der Waals surface area (Å²) < 4.78 is 10.9. The van der Waals surface area contributed by atoms with Gasteiger partial charge in [0, 0.05) is 46.5 Å². The van der Waals surface area contributed by atoms with E-state index < -0.39 is 5.92 Å². The van der Waals surface area contributed by atoms with Gasteiger partial charge in [0.2, 0.25) is 0 Å². The van der Waals surface area contributed by atoms with Gasteiger partial charge in [-0.2, -0.15) is 0 Å². The molecule has 2 atom stereocenters. The molecule has 1 aliphatic heterocycles. The Morgan fingerprint density at radius 3 is 2.57 bits per heavy atom. The second-order valence-electron chi connectivity index (χ2n) is 8.92. The number of ether oxygens (including phenoxy) is 1. The first kappa shape index (κ1) is 22.7. The van der Waals surface area contributed by atoms with Crippen molar-refractivity contribution in [3.05, 3.63) is 100 Å². The highest BCUT2D eigenvalue weighted by molar-refractivity contribution is 6.09. The number of pyridine rings is 1. The summed E-state index contributed by atoms with van der Waals surface area (Å²) in [7, 11) is 1.61. The summed E-state index contributed by atoms with van der Waals surface area (Å²) in [4.78, 5) is 31.6. The summed E-state index contributed by atoms with van der Waals surface area (Å²) in [5, 5.41) is 6.31. The molecule has 0 spiro atoms. The number of methoxy groups -OCH3 is 1. The van der Waals surface area contributed by atoms with Gasteiger partial charge in [-0.15, -0.1) is 0 Å². The predicted molar refractivity (Wildman–Crippen MR) is 132 cm³/mol. The molecule has 1 amide bonds. The Labute approximate surface area is 203 Å². The van der Waals surface area contributed by atoms with E-state index in [1.54, 1.807) is 19.4 Å². The van der Waals surface area contributed by atoms with Crippen molar-refractivity contribution in [3.8, 4) is 5.75 Å². The summed E-state index contributed by atoms with van der Waals surface area (Å²) in [6.45, 7) is 3.75. The topological polar surface area (TPSA) is 93.5 Å². The molecule has 0 saturated carbocycles. The van der Waals surface area contributed by atoms with Crippen molar-refractivity contribution in [2.75, 3.05) is 12.4 Å². The fourth-order valence-electron chi connectivity index (χ4n) is 4.99. The predicted octanol–water partition coefficient (Wildman–Crippen LogP) is 4.99. The molecule has 35 heavy (non-hydrogen) atoms. The van der Waals surface area contributed by atoms with Crippen molar-refractivity contribution in [3.63, 3.8) is 0 Å². The smallest absolute Gasteiger partial charge is 0.255 e. The lowest BCUT2D eigenvalue weighted by atomic mass is 9.72. The van der Waals surface area contributed by atoms with Crippen molar-refractivity contribution in [1.82, 2.24) is 10.3 Å². The van der Waals surface area contributed by atoms with Gasteiger partial charge in [-0.3, -0.25) is 9.59 Å². The van der Waals surface area contributed by atoms with Crippen LogP contribution in [0.3, 0.4) is 0 Å². The third-order valence-corrected chi connectivity index (χ3v) is 6.60. The number of carbonyl (C=O) groups excluding carboxylic acids is 2. The summed E-state index contributed by atoms with van der Waals surface area (Å²) in [6, 6.07) is 16.7. The van der Waals surface area contributed by atoms with Crippen LogP contribution in [0.25, 0.3) is 0 Å². The minimum atomic E-state index is -0.507. The van der Waals surface area contributed by atoms with Crippen LogP contribution in [0.2, 0.25) is 0 Å². The van der Waals surface area contributed by atoms with E-state index in [9.17, 15) is 9.59 Å². The number of hydrogen-bond acceptors (Lipinski definition) is 6. The van der Waals surface area contributed by atoms with Gasteiger partial charge >= 0.3 is 0 Å². The minimum absolute atomic E-state index is 0.00690. The molecule has 7 heteroatoms. The van der Waals surface area contributed by atoms with Crippen LogP contribution in [-0.4, -0.2) is 23.8 Å². The first-order chi connectivity index (χ1) is 16.9. The number of ketones is 1. The van der Waals surface area contributed by atoms with Crippen molar-refractivity contribution >= 4 is 17.5 Å². The number of nitrogens with one attached hydrogen (secondary N) is 2. The third kappa shape index (κ3) is 4.37. The van der Waals surface area contributed by atoms with E-state index in [0.29, 0.717) is 41.3 Å². The van der Waals surface area contributed by atoms with Crippen LogP contribution >= 0.6 is 0 Å². The molecule has 2 aliphatic rings. The Bertz CT molecular complexity index is 1340. The number of amides is 1. The number of Topliss-reactive ketones (excluding diaryl/α,β-unsaturated/α-hetero) is 1. The van der Waals surface area contributed by atoms with E-state index in [1.165, 1.54) is 0 Å². The van der Waals surface area contributed by atoms with Gasteiger partial charge in [0.15, 0.2) is 5.78 Å². The van der Waals surface area contributed by atoms with Gasteiger partial charge in [0.1, 0.15) is 17.3 Å². The molecule has 5 rings (SSSR count). The lowest BCUT2D eigenvalue weighted by Gasteiger charge is -2.36. The molecule has 0 bridgehead atoms. The largest absolute Gasteiger partial charge is 0.497 e. The molecule has 0 unspecified atom stereocenters. The van der Waals surface area contributed by atoms with Crippen LogP contribution in [0.4, 0.5) is 5.82 Å². The molecule has 1 aliphatic carbocycles. The van der Waals surface area contributed by atoms with Gasteiger partial charge in [0.25, 0.3) is 5.91 Å². The maximum absolute atomic E-state index is 13.6. The minimum Gasteiger partial charge on any atom is -0.497 e. The SMILES string of the molecule is COc1ccc([C@@H]2C(C(=O)Nc3cccc(C)n3)=C(C)NC3=C2C(=O)C[C@@H](c2ccco2)C3)cc1. The highest BCUT2D eigenvalue weighted by Gasteiger charge is 2.41. The average Bonchev–Trinajstić information content (AvgIpc) is 3.38. The van der Waals surface area contributed by atoms with Gasteiger partial charge in [0.05, 0.1) is 13.4 Å². The Hall–Kier alpha value is -4.13. The average molecular weight is 470 g/mol. The zero-order valence-corrected chi connectivity index (χ0v) is 19.9. The first-order valence-electron chi connectivity index (χ1n) is 11.6. The standard InChI is InChI=1S/C28H27N3O4/c1-16-6-4-8-24(29-16)31-28(33)25-17(2)30-21-14-19(23-7-5-13-35-23)15-22(32)27(21)26(25)18-9-11-20(34-3)12-10-18/h4-13,19,26,30H,14-15H2,1-3H3,(H,29,31,33)/t19-,26+/m0/s1. The monoisotopic (exact) mass is 469 g/mol. The number of aryl methyl sites for hydroxylation is 1. The lowest BCUT2D eigenvalue weighted by Crippen LogP contribution is -2.37. The molecule has 3 aromatic rings. The van der Waals surface area contributed by atoms with Crippen LogP contribution in [0.5, 0.6) is 5.75 Å². The van der Waals surface area contributed by atoms with Crippen molar-refractivity contribution in [2.45, 2.75) is 38.5 Å². The molecular weight excluding hydrogens is 442 g/mol. The number of hydrogen-bond donors (Lipinski definition) is 2. The second kappa shape index (κ2) is 9.25. The number of allylic oxidation sites excluding steroid dienone is 3. The van der Waals surface area contributed by atoms with Gasteiger partial charge < -0.3 is 19.8 Å². The maximum atomic E-state index is 13.6. The Morgan fingerprint density at radius 1 is 1.09 bits per heavy atom. The van der Waals surface area contributed by atoms with Crippen LogP contribution in [-0.2, 0) is 9.59 Å². The Balaban J connectivity index is 1.56. The summed E-state index contributed by atoms with van der Waals surface area (Å²) in [5.74, 6) is 1.14. The van der Waals surface area contributed by atoms with Gasteiger partial charge in [-0.05, 0) is 62.2 Å². The van der Waals surface area contributed by atoms with E-state index in [2.05, 4.69) is 15.6 Å². The quantitative estimate of drug-likeness (QED) is 0.547. The maximum Gasteiger partial charge on any atom is 0.255 e. The summed E-state index contributed by atoms with van der Waals surface area (Å²) in [5.41, 5.74) is 4.34. The van der Waals surface area contributed by atoms with Gasteiger partial charge in [-0.1, -0.05) is 18.2 Å². The zero-order chi connectivity index (χ0) is 24.5. The molecule has 7 nitrogen and oxygen atoms in total. The second-order valence-corrected chi connectivity index (χ2v) is 8.92. The van der Waals surface area contributed by atoms with Crippen LogP contribution in [0, 0.1) is 6.92 Å². The van der Waals surface area contributed by atoms with Crippen LogP contribution in [0.1, 0.15) is 48.6 Å². The van der Waals surface area contributed by atoms with E-state index in [1.807, 2.05) is 62.4 Å². The first-order valence-corrected chi connectivity index (χ1v) is 11.6. The van der Waals surface area contributed by atoms with E-state index >= 15 is 0 Å². The number of benzene rings is 1. The molecule has 2 N–H and O–H groups in total. The fourth-order valence-corrected chi connectivity index (χ4v) is 4.99. The summed E-state index contributed by atoms with van der Waals surface area (Å²) in [6.07, 6.45) is 2.59. The molecule has 2 aromatic heterocycles. The highest BCUT2D eigenvalue weighted by atomic mass is 16.5. The van der Waals surface area contributed by atoms with Crippen molar-refractivity contribution in [2.24, 2.45) is 0 Å². The Morgan fingerprint density at radius 2 is 1.89 bits per heavy atom. The van der Waals surface area contributed by atoms with E-state index in [0.717, 1.165) is 22.7 Å². The van der Waals surface area contributed by atoms with Crippen molar-refractivity contribution in [1.29, 1.82) is 0 Å². The molecular formula is C28H27N3O4. The van der Waals surface area contributed by atoms with Crippen LogP contribution in [0.15, 0.2) is 87.8 Å². The fraction of sp³-hybridized carbons (Fsp3) is 0.250. The Kier molecular flexibility index (Phi) is 5.99. The molecule has 0 fully saturated rings. The molecule has 0 saturated heterocycles. The molecule has 3 heterocycles. The third-order valence-electron chi connectivity index (χ3n) is 6.60. The normalized spacial score (nSPS) is 19.8. The van der Waals surface area contributed by atoms with E-state index in [4.69, 9.17) is 9.15 Å². The number of furan rings is 1. The number of rotatable bonds is 5. The molecule has 0 radical (unpaired) electrons. The van der Waals surface area contributed by atoms with E-state index in [-0.39, 0.29) is 17.6 Å². The molecule has 1 aromatic carbocycles. The number of anilines is 1. The highest BCUT2D eigenvalue weighted by Crippen LogP contribution is 2.45. The number of nitrogens with zero attached hydrogens (tertiary/aromatic N) is 1.